The second kappa shape index (κ2) is 14.9. The summed E-state index contributed by atoms with van der Waals surface area (Å²) in [6.45, 7) is 1.28. The number of H-pyrrole nitrogens is 1. The maximum absolute atomic E-state index is 13.8. The van der Waals surface area contributed by atoms with Gasteiger partial charge in [0.05, 0.1) is 19.9 Å². The lowest BCUT2D eigenvalue weighted by Crippen LogP contribution is -2.45. The van der Waals surface area contributed by atoms with Crippen molar-refractivity contribution >= 4 is 28.5 Å². The van der Waals surface area contributed by atoms with Crippen LogP contribution in [0.25, 0.3) is 10.9 Å². The van der Waals surface area contributed by atoms with E-state index in [1.165, 1.54) is 24.1 Å². The minimum absolute atomic E-state index is 0.150. The van der Waals surface area contributed by atoms with Crippen LogP contribution in [0, 0.1) is 5.82 Å². The molecule has 2 N–H and O–H groups in total. The number of urea groups is 1. The van der Waals surface area contributed by atoms with Gasteiger partial charge in [0.15, 0.2) is 0 Å². The molecule has 4 rings (SSSR count). The summed E-state index contributed by atoms with van der Waals surface area (Å²) in [4.78, 5) is 33.7. The summed E-state index contributed by atoms with van der Waals surface area (Å²) in [7, 11) is 4.64. The van der Waals surface area contributed by atoms with Crippen molar-refractivity contribution in [3.8, 4) is 11.5 Å². The van der Waals surface area contributed by atoms with Crippen LogP contribution < -0.4 is 14.8 Å². The fraction of sp³-hybridized carbons (Fsp3) is 0.312. The SMILES string of the molecule is COCCCN(CC(=O)N(CCc1c[nH]c2ccccc12)Cc1ccc(F)cc1)C(=O)Nc1ccc(OC)cc1OC. The first-order valence-electron chi connectivity index (χ1n) is 13.8. The number of hydrogen-bond donors (Lipinski definition) is 2. The van der Waals surface area contributed by atoms with Gasteiger partial charge in [-0.15, -0.1) is 0 Å². The second-order valence-electron chi connectivity index (χ2n) is 9.82. The molecule has 3 aromatic carbocycles. The predicted octanol–water partition coefficient (Wildman–Crippen LogP) is 5.47. The van der Waals surface area contributed by atoms with Crippen molar-refractivity contribution in [2.24, 2.45) is 0 Å². The summed E-state index contributed by atoms with van der Waals surface area (Å²) in [5.41, 5.74) is 3.36. The Kier molecular flexibility index (Phi) is 10.8. The monoisotopic (exact) mass is 576 g/mol. The number of nitrogens with zero attached hydrogens (tertiary/aromatic N) is 2. The van der Waals surface area contributed by atoms with Crippen molar-refractivity contribution in [1.29, 1.82) is 0 Å². The van der Waals surface area contributed by atoms with Crippen LogP contribution in [0.3, 0.4) is 0 Å². The molecule has 4 aromatic rings. The number of carbonyl (C=O) groups is 2. The Morgan fingerprint density at radius 3 is 2.45 bits per heavy atom. The van der Waals surface area contributed by atoms with Crippen molar-refractivity contribution in [3.05, 3.63) is 89.9 Å². The van der Waals surface area contributed by atoms with Crippen LogP contribution in [-0.4, -0.2) is 74.3 Å². The van der Waals surface area contributed by atoms with Gasteiger partial charge in [-0.05, 0) is 54.3 Å². The molecule has 1 aromatic heterocycles. The minimum atomic E-state index is -0.443. The van der Waals surface area contributed by atoms with Gasteiger partial charge in [-0.2, -0.15) is 0 Å². The normalized spacial score (nSPS) is 10.9. The van der Waals surface area contributed by atoms with Crippen molar-refractivity contribution in [2.75, 3.05) is 52.9 Å². The maximum atomic E-state index is 13.8. The number of para-hydroxylation sites is 1. The van der Waals surface area contributed by atoms with Gasteiger partial charge in [0.2, 0.25) is 5.91 Å². The number of fused-ring (bicyclic) bond motifs is 1. The zero-order valence-electron chi connectivity index (χ0n) is 24.2. The molecule has 9 nitrogen and oxygen atoms in total. The summed E-state index contributed by atoms with van der Waals surface area (Å²) in [5.74, 6) is 0.449. The van der Waals surface area contributed by atoms with Crippen LogP contribution in [0.5, 0.6) is 11.5 Å². The molecule has 0 saturated heterocycles. The first-order valence-corrected chi connectivity index (χ1v) is 13.8. The molecule has 0 aliphatic rings. The minimum Gasteiger partial charge on any atom is -0.497 e. The highest BCUT2D eigenvalue weighted by Gasteiger charge is 2.23. The van der Waals surface area contributed by atoms with Crippen molar-refractivity contribution in [2.45, 2.75) is 19.4 Å². The molecule has 3 amide bonds. The number of hydrogen-bond acceptors (Lipinski definition) is 5. The lowest BCUT2D eigenvalue weighted by atomic mass is 10.1. The van der Waals surface area contributed by atoms with Gasteiger partial charge < -0.3 is 34.3 Å². The fourth-order valence-corrected chi connectivity index (χ4v) is 4.71. The molecular weight excluding hydrogens is 539 g/mol. The van der Waals surface area contributed by atoms with Crippen LogP contribution in [0.4, 0.5) is 14.9 Å². The zero-order valence-corrected chi connectivity index (χ0v) is 24.2. The molecule has 0 atom stereocenters. The molecule has 0 aliphatic carbocycles. The molecular formula is C32H37FN4O5. The smallest absolute Gasteiger partial charge is 0.322 e. The molecule has 0 spiro atoms. The first-order chi connectivity index (χ1) is 20.4. The van der Waals surface area contributed by atoms with Crippen molar-refractivity contribution < 1.29 is 28.2 Å². The van der Waals surface area contributed by atoms with Gasteiger partial charge in [-0.3, -0.25) is 4.79 Å². The predicted molar refractivity (Wildman–Crippen MR) is 160 cm³/mol. The molecule has 0 unspecified atom stereocenters. The van der Waals surface area contributed by atoms with Crippen molar-refractivity contribution in [1.82, 2.24) is 14.8 Å². The Bertz CT molecular complexity index is 1470. The first kappa shape index (κ1) is 30.4. The number of ether oxygens (including phenoxy) is 3. The standard InChI is InChI=1S/C32H37FN4O5/c1-40-18-6-16-37(32(39)35-29-14-13-26(41-2)19-30(29)42-3)22-31(38)36(21-23-9-11-25(33)12-10-23)17-15-24-20-34-28-8-5-4-7-27(24)28/h4-5,7-14,19-20,34H,6,15-18,21-22H2,1-3H3,(H,35,39). The highest BCUT2D eigenvalue weighted by molar-refractivity contribution is 5.93. The molecule has 0 radical (unpaired) electrons. The Morgan fingerprint density at radius 1 is 0.929 bits per heavy atom. The van der Waals surface area contributed by atoms with Gasteiger partial charge in [-0.1, -0.05) is 30.3 Å². The third-order valence-electron chi connectivity index (χ3n) is 7.01. The molecule has 10 heteroatoms. The lowest BCUT2D eigenvalue weighted by molar-refractivity contribution is -0.132. The third-order valence-corrected chi connectivity index (χ3v) is 7.01. The van der Waals surface area contributed by atoms with Gasteiger partial charge >= 0.3 is 6.03 Å². The largest absolute Gasteiger partial charge is 0.497 e. The quantitative estimate of drug-likeness (QED) is 0.194. The van der Waals surface area contributed by atoms with E-state index in [0.717, 1.165) is 22.0 Å². The number of amides is 3. The number of rotatable bonds is 14. The molecule has 42 heavy (non-hydrogen) atoms. The number of nitrogens with one attached hydrogen (secondary N) is 2. The molecule has 0 aliphatic heterocycles. The summed E-state index contributed by atoms with van der Waals surface area (Å²) in [5, 5.41) is 3.96. The Hall–Kier alpha value is -4.57. The van der Waals surface area contributed by atoms with Crippen molar-refractivity contribution in [3.63, 3.8) is 0 Å². The number of carbonyl (C=O) groups excluding carboxylic acids is 2. The number of methoxy groups -OCH3 is 3. The number of benzene rings is 3. The van der Waals surface area contributed by atoms with Crippen LogP contribution in [0.1, 0.15) is 17.5 Å². The van der Waals surface area contributed by atoms with E-state index in [1.807, 2.05) is 30.5 Å². The number of halogens is 1. The highest BCUT2D eigenvalue weighted by Crippen LogP contribution is 2.29. The summed E-state index contributed by atoms with van der Waals surface area (Å²) in [6, 6.07) is 18.7. The average Bonchev–Trinajstić information content (AvgIpc) is 3.42. The van der Waals surface area contributed by atoms with Crippen LogP contribution in [-0.2, 0) is 22.5 Å². The van der Waals surface area contributed by atoms with E-state index in [0.29, 0.717) is 49.7 Å². The van der Waals surface area contributed by atoms with Crippen LogP contribution in [0.15, 0.2) is 72.9 Å². The molecule has 0 saturated carbocycles. The van der Waals surface area contributed by atoms with E-state index in [9.17, 15) is 14.0 Å². The van der Waals surface area contributed by atoms with Gasteiger partial charge in [0, 0.05) is 56.5 Å². The van der Waals surface area contributed by atoms with E-state index in [1.54, 1.807) is 49.5 Å². The Balaban J connectivity index is 1.53. The Labute approximate surface area is 245 Å². The molecule has 0 bridgehead atoms. The third kappa shape index (κ3) is 8.01. The topological polar surface area (TPSA) is 96.1 Å². The summed E-state index contributed by atoms with van der Waals surface area (Å²) >= 11 is 0. The van der Waals surface area contributed by atoms with Gasteiger partial charge in [-0.25, -0.2) is 9.18 Å². The van der Waals surface area contributed by atoms with Crippen LogP contribution >= 0.6 is 0 Å². The van der Waals surface area contributed by atoms with Gasteiger partial charge in [0.1, 0.15) is 23.9 Å². The second-order valence-corrected chi connectivity index (χ2v) is 9.82. The van der Waals surface area contributed by atoms with E-state index in [2.05, 4.69) is 10.3 Å². The van der Waals surface area contributed by atoms with E-state index in [-0.39, 0.29) is 24.8 Å². The number of anilines is 1. The fourth-order valence-electron chi connectivity index (χ4n) is 4.71. The molecule has 222 valence electrons. The van der Waals surface area contributed by atoms with E-state index >= 15 is 0 Å². The summed E-state index contributed by atoms with van der Waals surface area (Å²) < 4.78 is 29.4. The van der Waals surface area contributed by atoms with E-state index in [4.69, 9.17) is 14.2 Å². The number of aromatic nitrogens is 1. The zero-order chi connectivity index (χ0) is 29.9. The summed E-state index contributed by atoms with van der Waals surface area (Å²) in [6.07, 6.45) is 3.11. The van der Waals surface area contributed by atoms with Crippen LogP contribution in [0.2, 0.25) is 0 Å². The maximum Gasteiger partial charge on any atom is 0.322 e. The molecule has 1 heterocycles. The van der Waals surface area contributed by atoms with E-state index < -0.39 is 6.03 Å². The average molecular weight is 577 g/mol. The van der Waals surface area contributed by atoms with Gasteiger partial charge in [0.25, 0.3) is 0 Å². The Morgan fingerprint density at radius 2 is 1.71 bits per heavy atom. The number of aromatic amines is 1. The molecule has 0 fully saturated rings. The lowest BCUT2D eigenvalue weighted by Gasteiger charge is -2.28. The highest BCUT2D eigenvalue weighted by atomic mass is 19.1.